The van der Waals surface area contributed by atoms with Gasteiger partial charge in [0.15, 0.2) is 0 Å². The van der Waals surface area contributed by atoms with Gasteiger partial charge in [-0.15, -0.1) is 0 Å². The number of halogens is 3. The normalized spacial score (nSPS) is 10.6. The number of H-pyrrole nitrogens is 1. The highest BCUT2D eigenvalue weighted by molar-refractivity contribution is 9.10. The summed E-state index contributed by atoms with van der Waals surface area (Å²) in [7, 11) is 0. The van der Waals surface area contributed by atoms with Gasteiger partial charge in [-0.25, -0.2) is 8.78 Å². The van der Waals surface area contributed by atoms with Crippen LogP contribution in [-0.4, -0.2) is 16.1 Å². The van der Waals surface area contributed by atoms with Crippen LogP contribution in [0.4, 0.5) is 14.5 Å². The molecule has 4 nitrogen and oxygen atoms in total. The summed E-state index contributed by atoms with van der Waals surface area (Å²) in [4.78, 5) is 12.2. The van der Waals surface area contributed by atoms with Gasteiger partial charge in [0.25, 0.3) is 5.91 Å². The summed E-state index contributed by atoms with van der Waals surface area (Å²) in [6.07, 6.45) is 0. The maximum atomic E-state index is 13.0. The Bertz CT molecular complexity index is 862. The second-order valence-electron chi connectivity index (χ2n) is 4.75. The monoisotopic (exact) mass is 377 g/mol. The van der Waals surface area contributed by atoms with Crippen molar-refractivity contribution in [3.63, 3.8) is 0 Å². The molecule has 0 bridgehead atoms. The van der Waals surface area contributed by atoms with E-state index >= 15 is 0 Å². The van der Waals surface area contributed by atoms with Crippen LogP contribution in [0.3, 0.4) is 0 Å². The molecule has 0 radical (unpaired) electrons. The number of benzene rings is 2. The first-order valence-corrected chi connectivity index (χ1v) is 7.40. The Balaban J connectivity index is 1.79. The lowest BCUT2D eigenvalue weighted by molar-refractivity contribution is 0.102. The molecule has 0 fully saturated rings. The van der Waals surface area contributed by atoms with E-state index in [0.717, 1.165) is 0 Å². The van der Waals surface area contributed by atoms with E-state index in [0.29, 0.717) is 21.4 Å². The van der Waals surface area contributed by atoms with E-state index < -0.39 is 11.7 Å². The average Bonchev–Trinajstić information content (AvgIpc) is 3.01. The number of carbonyl (C=O) groups excluding carboxylic acids is 1. The van der Waals surface area contributed by atoms with Gasteiger partial charge in [0.1, 0.15) is 17.3 Å². The van der Waals surface area contributed by atoms with Crippen molar-refractivity contribution in [2.45, 2.75) is 0 Å². The van der Waals surface area contributed by atoms with Gasteiger partial charge in [-0.1, -0.05) is 0 Å². The van der Waals surface area contributed by atoms with Gasteiger partial charge in [0.2, 0.25) is 0 Å². The van der Waals surface area contributed by atoms with E-state index in [2.05, 4.69) is 31.4 Å². The molecule has 0 saturated carbocycles. The minimum atomic E-state index is -0.418. The van der Waals surface area contributed by atoms with Crippen molar-refractivity contribution in [1.82, 2.24) is 10.2 Å². The fourth-order valence-electron chi connectivity index (χ4n) is 1.99. The summed E-state index contributed by atoms with van der Waals surface area (Å²) in [6, 6.07) is 11.3. The third-order valence-corrected chi connectivity index (χ3v) is 3.80. The molecule has 0 atom stereocenters. The minimum absolute atomic E-state index is 0.237. The molecule has 1 aromatic heterocycles. The lowest BCUT2D eigenvalue weighted by atomic mass is 10.1. The van der Waals surface area contributed by atoms with Gasteiger partial charge in [-0.05, 0) is 64.5 Å². The fraction of sp³-hybridized carbons (Fsp3) is 0. The van der Waals surface area contributed by atoms with E-state index in [-0.39, 0.29) is 11.5 Å². The molecule has 3 aromatic rings. The zero-order valence-electron chi connectivity index (χ0n) is 11.6. The van der Waals surface area contributed by atoms with Crippen molar-refractivity contribution >= 4 is 27.5 Å². The summed E-state index contributed by atoms with van der Waals surface area (Å²) in [5.41, 5.74) is 1.88. The maximum absolute atomic E-state index is 13.0. The number of anilines is 1. The van der Waals surface area contributed by atoms with Gasteiger partial charge in [0, 0.05) is 10.0 Å². The molecule has 3 rings (SSSR count). The summed E-state index contributed by atoms with van der Waals surface area (Å²) >= 11 is 3.18. The zero-order valence-corrected chi connectivity index (χ0v) is 13.2. The number of nitrogens with one attached hydrogen (secondary N) is 2. The molecule has 0 aliphatic carbocycles. The predicted molar refractivity (Wildman–Crippen MR) is 86.0 cm³/mol. The van der Waals surface area contributed by atoms with Crippen LogP contribution in [0.1, 0.15) is 10.5 Å². The Morgan fingerprint density at radius 3 is 2.43 bits per heavy atom. The second-order valence-corrected chi connectivity index (χ2v) is 5.61. The Morgan fingerprint density at radius 2 is 1.74 bits per heavy atom. The minimum Gasteiger partial charge on any atom is -0.320 e. The van der Waals surface area contributed by atoms with Crippen LogP contribution in [-0.2, 0) is 0 Å². The Labute approximate surface area is 138 Å². The first kappa shape index (κ1) is 15.4. The molecule has 7 heteroatoms. The van der Waals surface area contributed by atoms with E-state index in [9.17, 15) is 13.6 Å². The summed E-state index contributed by atoms with van der Waals surface area (Å²) in [5.74, 6) is -1.17. The predicted octanol–water partition coefficient (Wildman–Crippen LogP) is 4.37. The molecule has 2 N–H and O–H groups in total. The number of aromatic nitrogens is 2. The van der Waals surface area contributed by atoms with Gasteiger partial charge in [0.05, 0.1) is 11.4 Å². The highest BCUT2D eigenvalue weighted by Crippen LogP contribution is 2.24. The van der Waals surface area contributed by atoms with Crippen molar-refractivity contribution in [1.29, 1.82) is 0 Å². The Hall–Kier alpha value is -2.54. The molecular weight excluding hydrogens is 368 g/mol. The van der Waals surface area contributed by atoms with Crippen molar-refractivity contribution < 1.29 is 13.6 Å². The smallest absolute Gasteiger partial charge is 0.273 e. The van der Waals surface area contributed by atoms with Crippen LogP contribution in [0.5, 0.6) is 0 Å². The number of rotatable bonds is 3. The van der Waals surface area contributed by atoms with Crippen LogP contribution in [0.15, 0.2) is 53.0 Å². The highest BCUT2D eigenvalue weighted by atomic mass is 79.9. The quantitative estimate of drug-likeness (QED) is 0.711. The van der Waals surface area contributed by atoms with E-state index in [1.807, 2.05) is 0 Å². The largest absolute Gasteiger partial charge is 0.320 e. The first-order chi connectivity index (χ1) is 11.0. The highest BCUT2D eigenvalue weighted by Gasteiger charge is 2.13. The molecule has 1 heterocycles. The Kier molecular flexibility index (Phi) is 4.20. The van der Waals surface area contributed by atoms with E-state index in [4.69, 9.17) is 0 Å². The molecule has 0 unspecified atom stereocenters. The van der Waals surface area contributed by atoms with E-state index in [1.165, 1.54) is 30.3 Å². The number of aromatic amines is 1. The van der Waals surface area contributed by atoms with Crippen molar-refractivity contribution in [3.05, 3.63) is 70.3 Å². The van der Waals surface area contributed by atoms with Gasteiger partial charge in [-0.3, -0.25) is 9.89 Å². The van der Waals surface area contributed by atoms with Crippen LogP contribution >= 0.6 is 15.9 Å². The Morgan fingerprint density at radius 1 is 1.04 bits per heavy atom. The SMILES string of the molecule is O=C(Nc1ccc(F)cc1Br)c1cc(-c2ccc(F)cc2)n[nH]1. The number of hydrogen-bond donors (Lipinski definition) is 2. The summed E-state index contributed by atoms with van der Waals surface area (Å²) < 4.78 is 26.4. The molecule has 23 heavy (non-hydrogen) atoms. The molecule has 0 aliphatic heterocycles. The van der Waals surface area contributed by atoms with Crippen LogP contribution in [0, 0.1) is 11.6 Å². The molecule has 0 aliphatic rings. The lowest BCUT2D eigenvalue weighted by Crippen LogP contribution is -2.12. The molecule has 2 aromatic carbocycles. The number of amides is 1. The van der Waals surface area contributed by atoms with Crippen LogP contribution < -0.4 is 5.32 Å². The standard InChI is InChI=1S/C16H10BrF2N3O/c17-12-7-11(19)5-6-13(12)20-16(23)15-8-14(21-22-15)9-1-3-10(18)4-2-9/h1-8H,(H,20,23)(H,21,22). The lowest BCUT2D eigenvalue weighted by Gasteiger charge is -2.05. The topological polar surface area (TPSA) is 57.8 Å². The number of hydrogen-bond acceptors (Lipinski definition) is 2. The fourth-order valence-corrected chi connectivity index (χ4v) is 2.44. The maximum Gasteiger partial charge on any atom is 0.273 e. The third-order valence-electron chi connectivity index (χ3n) is 3.14. The van der Waals surface area contributed by atoms with E-state index in [1.54, 1.807) is 18.2 Å². The zero-order chi connectivity index (χ0) is 16.4. The average molecular weight is 378 g/mol. The second kappa shape index (κ2) is 6.29. The molecular formula is C16H10BrF2N3O. The molecule has 1 amide bonds. The summed E-state index contributed by atoms with van der Waals surface area (Å²) in [5, 5.41) is 9.30. The van der Waals surface area contributed by atoms with Gasteiger partial charge in [-0.2, -0.15) is 5.10 Å². The number of carbonyl (C=O) groups is 1. The molecule has 0 spiro atoms. The van der Waals surface area contributed by atoms with Crippen LogP contribution in [0.25, 0.3) is 11.3 Å². The summed E-state index contributed by atoms with van der Waals surface area (Å²) in [6.45, 7) is 0. The van der Waals surface area contributed by atoms with Crippen molar-refractivity contribution in [3.8, 4) is 11.3 Å². The van der Waals surface area contributed by atoms with Crippen molar-refractivity contribution in [2.75, 3.05) is 5.32 Å². The number of nitrogens with zero attached hydrogens (tertiary/aromatic N) is 1. The van der Waals surface area contributed by atoms with Gasteiger partial charge >= 0.3 is 0 Å². The molecule has 116 valence electrons. The molecule has 0 saturated heterocycles. The van der Waals surface area contributed by atoms with Crippen molar-refractivity contribution in [2.24, 2.45) is 0 Å². The van der Waals surface area contributed by atoms with Crippen LogP contribution in [0.2, 0.25) is 0 Å². The third kappa shape index (κ3) is 3.45. The van der Waals surface area contributed by atoms with Gasteiger partial charge < -0.3 is 5.32 Å². The first-order valence-electron chi connectivity index (χ1n) is 6.61.